The molecule has 0 radical (unpaired) electrons. The van der Waals surface area contributed by atoms with Gasteiger partial charge in [0.1, 0.15) is 11.5 Å². The largest absolute Gasteiger partial charge is 0.508 e. The Bertz CT molecular complexity index is 1370. The monoisotopic (exact) mass is 606 g/mol. The Kier molecular flexibility index (Phi) is 10.8. The Balaban J connectivity index is 1.30. The quantitative estimate of drug-likeness (QED) is 0.156. The first-order chi connectivity index (χ1) is 20.0. The number of allylic oxidation sites excluding steroid dienone is 1. The lowest BCUT2D eigenvalue weighted by molar-refractivity contribution is -0.284. The highest BCUT2D eigenvalue weighted by Crippen LogP contribution is 2.41. The van der Waals surface area contributed by atoms with E-state index in [0.717, 1.165) is 41.5 Å². The van der Waals surface area contributed by atoms with Crippen molar-refractivity contribution in [1.29, 1.82) is 0 Å². The fourth-order valence-corrected chi connectivity index (χ4v) is 6.36. The fourth-order valence-electron chi connectivity index (χ4n) is 5.16. The van der Waals surface area contributed by atoms with Gasteiger partial charge in [0.2, 0.25) is 0 Å². The zero-order valence-corrected chi connectivity index (χ0v) is 24.1. The third-order valence-electron chi connectivity index (χ3n) is 7.37. The summed E-state index contributed by atoms with van der Waals surface area (Å²) >= 11 is 0. The van der Waals surface area contributed by atoms with Crippen LogP contribution in [0.5, 0.6) is 11.5 Å². The average Bonchev–Trinajstić information content (AvgIpc) is 3.14. The number of hydrogen-bond acceptors (Lipinski definition) is 3. The van der Waals surface area contributed by atoms with Gasteiger partial charge in [0.15, 0.2) is 0 Å². The number of alkyl halides is 5. The second kappa shape index (κ2) is 14.3. The van der Waals surface area contributed by atoms with Crippen LogP contribution in [0.4, 0.5) is 22.0 Å². The van der Waals surface area contributed by atoms with Gasteiger partial charge in [0.05, 0.1) is 6.61 Å². The Hall–Kier alpha value is -3.20. The number of hydrogen-bond donors (Lipinski definition) is 1. The molecular formula is C33H35F5O3S. The van der Waals surface area contributed by atoms with E-state index in [2.05, 4.69) is 12.1 Å². The molecule has 3 aromatic rings. The second-order valence-corrected chi connectivity index (χ2v) is 12.2. The summed E-state index contributed by atoms with van der Waals surface area (Å²) in [5.74, 6) is -3.70. The highest BCUT2D eigenvalue weighted by molar-refractivity contribution is 7.84. The van der Waals surface area contributed by atoms with E-state index in [9.17, 15) is 31.3 Å². The summed E-state index contributed by atoms with van der Waals surface area (Å²) in [6, 6.07) is 23.8. The highest BCUT2D eigenvalue weighted by atomic mass is 32.2. The van der Waals surface area contributed by atoms with Crippen molar-refractivity contribution in [2.45, 2.75) is 63.5 Å². The van der Waals surface area contributed by atoms with Gasteiger partial charge in [-0.2, -0.15) is 22.0 Å². The molecule has 226 valence electrons. The van der Waals surface area contributed by atoms with Gasteiger partial charge in [-0.25, -0.2) is 0 Å². The van der Waals surface area contributed by atoms with Crippen LogP contribution in [0.15, 0.2) is 72.8 Å². The second-order valence-electron chi connectivity index (χ2n) is 10.5. The maximum absolute atomic E-state index is 13.0. The SMILES string of the molecule is O=S(CCCCCOc1ccc(C2=C(c3ccccc3)CCCc3ccc(O)cc32)cc1)CCCC(F)(F)C(F)(F)F. The minimum atomic E-state index is -5.57. The number of phenols is 1. The standard InChI is InChI=1S/C33H35F5O3S/c34-32(35,33(36,37)38)19-8-22-42(40)21-6-2-5-20-41-28-17-14-26(15-18-28)31-29(24-9-3-1-4-10-24)12-7-11-25-13-16-27(39)23-30(25)31/h1,3-4,9-10,13-18,23,39H,2,5-8,11-12,19-22H2. The molecular weight excluding hydrogens is 571 g/mol. The van der Waals surface area contributed by atoms with E-state index in [1.165, 1.54) is 11.1 Å². The lowest BCUT2D eigenvalue weighted by atomic mass is 9.88. The Labute approximate surface area is 245 Å². The molecule has 0 heterocycles. The van der Waals surface area contributed by atoms with Crippen LogP contribution in [-0.4, -0.2) is 39.5 Å². The zero-order chi connectivity index (χ0) is 30.2. The molecule has 0 aliphatic heterocycles. The Morgan fingerprint density at radius 3 is 2.21 bits per heavy atom. The van der Waals surface area contributed by atoms with Crippen LogP contribution in [-0.2, 0) is 17.2 Å². The van der Waals surface area contributed by atoms with E-state index >= 15 is 0 Å². The number of benzene rings is 3. The van der Waals surface area contributed by atoms with E-state index in [-0.39, 0.29) is 17.3 Å². The van der Waals surface area contributed by atoms with E-state index in [1.807, 2.05) is 54.6 Å². The number of rotatable bonds is 13. The first-order valence-electron chi connectivity index (χ1n) is 14.2. The topological polar surface area (TPSA) is 46.5 Å². The summed E-state index contributed by atoms with van der Waals surface area (Å²) in [5, 5.41) is 10.3. The molecule has 0 saturated carbocycles. The predicted molar refractivity (Wildman–Crippen MR) is 157 cm³/mol. The van der Waals surface area contributed by atoms with Crippen LogP contribution in [0.3, 0.4) is 0 Å². The molecule has 1 unspecified atom stereocenters. The molecule has 9 heteroatoms. The van der Waals surface area contributed by atoms with Crippen molar-refractivity contribution >= 4 is 21.9 Å². The number of halogens is 5. The van der Waals surface area contributed by atoms with Crippen molar-refractivity contribution in [3.8, 4) is 11.5 Å². The van der Waals surface area contributed by atoms with Crippen LogP contribution >= 0.6 is 0 Å². The summed E-state index contributed by atoms with van der Waals surface area (Å²) in [6.07, 6.45) is -2.51. The third kappa shape index (κ3) is 8.43. The molecule has 1 atom stereocenters. The Morgan fingerprint density at radius 2 is 1.50 bits per heavy atom. The van der Waals surface area contributed by atoms with Crippen molar-refractivity contribution in [3.63, 3.8) is 0 Å². The number of aryl methyl sites for hydroxylation is 1. The number of aromatic hydroxyl groups is 1. The normalized spacial score (nSPS) is 14.8. The van der Waals surface area contributed by atoms with Crippen LogP contribution < -0.4 is 4.74 Å². The van der Waals surface area contributed by atoms with E-state index < -0.39 is 35.7 Å². The van der Waals surface area contributed by atoms with Crippen LogP contribution in [0.1, 0.15) is 67.2 Å². The summed E-state index contributed by atoms with van der Waals surface area (Å²) < 4.78 is 80.4. The van der Waals surface area contributed by atoms with Gasteiger partial charge in [-0.15, -0.1) is 0 Å². The molecule has 0 fully saturated rings. The van der Waals surface area contributed by atoms with E-state index in [4.69, 9.17) is 4.74 Å². The van der Waals surface area contributed by atoms with E-state index in [0.29, 0.717) is 31.6 Å². The van der Waals surface area contributed by atoms with Crippen molar-refractivity contribution in [2.24, 2.45) is 0 Å². The fraction of sp³-hybridized carbons (Fsp3) is 0.394. The van der Waals surface area contributed by atoms with E-state index in [1.54, 1.807) is 6.07 Å². The molecule has 0 spiro atoms. The molecule has 0 aromatic heterocycles. The number of unbranched alkanes of at least 4 members (excludes halogenated alkanes) is 2. The summed E-state index contributed by atoms with van der Waals surface area (Å²) in [7, 11) is -1.43. The first-order valence-corrected chi connectivity index (χ1v) is 15.7. The van der Waals surface area contributed by atoms with Gasteiger partial charge in [-0.05, 0) is 103 Å². The molecule has 3 nitrogen and oxygen atoms in total. The smallest absolute Gasteiger partial charge is 0.453 e. The van der Waals surface area contributed by atoms with Gasteiger partial charge >= 0.3 is 12.1 Å². The highest BCUT2D eigenvalue weighted by Gasteiger charge is 2.56. The Morgan fingerprint density at radius 1 is 0.786 bits per heavy atom. The minimum absolute atomic E-state index is 0.166. The number of ether oxygens (including phenoxy) is 1. The van der Waals surface area contributed by atoms with Crippen LogP contribution in [0.25, 0.3) is 11.1 Å². The minimum Gasteiger partial charge on any atom is -0.508 e. The molecule has 3 aromatic carbocycles. The zero-order valence-electron chi connectivity index (χ0n) is 23.3. The maximum atomic E-state index is 13.0. The summed E-state index contributed by atoms with van der Waals surface area (Å²) in [5.41, 5.74) is 6.77. The molecule has 1 aliphatic carbocycles. The molecule has 1 N–H and O–H groups in total. The number of fused-ring (bicyclic) bond motifs is 1. The molecule has 4 rings (SSSR count). The van der Waals surface area contributed by atoms with Gasteiger partial charge < -0.3 is 9.84 Å². The summed E-state index contributed by atoms with van der Waals surface area (Å²) in [4.78, 5) is 0. The third-order valence-corrected chi connectivity index (χ3v) is 8.85. The first kappa shape index (κ1) is 31.7. The number of phenolic OH excluding ortho intramolecular Hbond substituents is 1. The van der Waals surface area contributed by atoms with Crippen LogP contribution in [0.2, 0.25) is 0 Å². The van der Waals surface area contributed by atoms with Crippen molar-refractivity contribution in [2.75, 3.05) is 18.1 Å². The molecule has 42 heavy (non-hydrogen) atoms. The lowest BCUT2D eigenvalue weighted by Crippen LogP contribution is -2.36. The predicted octanol–water partition coefficient (Wildman–Crippen LogP) is 8.96. The van der Waals surface area contributed by atoms with Gasteiger partial charge in [-0.1, -0.05) is 48.5 Å². The molecule has 1 aliphatic rings. The van der Waals surface area contributed by atoms with Crippen molar-refractivity contribution in [3.05, 3.63) is 95.1 Å². The van der Waals surface area contributed by atoms with Gasteiger partial charge in [-0.3, -0.25) is 4.21 Å². The average molecular weight is 607 g/mol. The van der Waals surface area contributed by atoms with Crippen LogP contribution in [0, 0.1) is 0 Å². The van der Waals surface area contributed by atoms with Crippen molar-refractivity contribution < 1.29 is 36.0 Å². The summed E-state index contributed by atoms with van der Waals surface area (Å²) in [6.45, 7) is 0.443. The van der Waals surface area contributed by atoms with Gasteiger partial charge in [0, 0.05) is 28.7 Å². The van der Waals surface area contributed by atoms with Gasteiger partial charge in [0.25, 0.3) is 0 Å². The molecule has 0 amide bonds. The van der Waals surface area contributed by atoms with Crippen molar-refractivity contribution in [1.82, 2.24) is 0 Å². The lowest BCUT2D eigenvalue weighted by Gasteiger charge is -2.19. The maximum Gasteiger partial charge on any atom is 0.453 e. The molecule has 0 bridgehead atoms. The molecule has 0 saturated heterocycles.